The molecule has 0 amide bonds. The quantitative estimate of drug-likeness (QED) is 0.542. The van der Waals surface area contributed by atoms with Gasteiger partial charge in [0.1, 0.15) is 6.17 Å². The number of hydrogen-bond acceptors (Lipinski definition) is 1. The molecule has 1 rings (SSSR count). The zero-order valence-electron chi connectivity index (χ0n) is 6.97. The molecular formula is C8H16FN. The van der Waals surface area contributed by atoms with Crippen molar-refractivity contribution in [2.75, 3.05) is 13.1 Å². The molecule has 0 aromatic carbocycles. The second kappa shape index (κ2) is 2.87. The van der Waals surface area contributed by atoms with Crippen LogP contribution in [0.2, 0.25) is 0 Å². The van der Waals surface area contributed by atoms with Crippen LogP contribution in [0.15, 0.2) is 0 Å². The summed E-state index contributed by atoms with van der Waals surface area (Å²) in [6.07, 6.45) is -0.595. The zero-order valence-corrected chi connectivity index (χ0v) is 6.97. The second-order valence-electron chi connectivity index (χ2n) is 3.54. The lowest BCUT2D eigenvalue weighted by Gasteiger charge is -2.18. The summed E-state index contributed by atoms with van der Waals surface area (Å²) in [5.41, 5.74) is 0. The van der Waals surface area contributed by atoms with Crippen molar-refractivity contribution in [3.05, 3.63) is 0 Å². The Bertz CT molecular complexity index is 104. The first-order valence-electron chi connectivity index (χ1n) is 3.99. The zero-order chi connectivity index (χ0) is 7.72. The monoisotopic (exact) mass is 145 g/mol. The van der Waals surface area contributed by atoms with Gasteiger partial charge in [-0.25, -0.2) is 4.39 Å². The SMILES string of the molecule is CC1CN(C(C)C)CC1F. The predicted molar refractivity (Wildman–Crippen MR) is 40.8 cm³/mol. The average Bonchev–Trinajstić information content (AvgIpc) is 2.13. The number of nitrogens with zero attached hydrogens (tertiary/aromatic N) is 1. The maximum absolute atomic E-state index is 12.9. The van der Waals surface area contributed by atoms with E-state index in [4.69, 9.17) is 0 Å². The minimum atomic E-state index is -0.595. The molecule has 0 saturated carbocycles. The lowest BCUT2D eigenvalue weighted by molar-refractivity contribution is 0.245. The minimum absolute atomic E-state index is 0.238. The molecular weight excluding hydrogens is 129 g/mol. The molecule has 10 heavy (non-hydrogen) atoms. The highest BCUT2D eigenvalue weighted by molar-refractivity contribution is 4.82. The standard InChI is InChI=1S/C8H16FN/c1-6(2)10-4-7(3)8(9)5-10/h6-8H,4-5H2,1-3H3. The third-order valence-corrected chi connectivity index (χ3v) is 2.28. The maximum atomic E-state index is 12.9. The van der Waals surface area contributed by atoms with Gasteiger partial charge in [0, 0.05) is 25.0 Å². The number of alkyl halides is 1. The Morgan fingerprint density at radius 2 is 2.00 bits per heavy atom. The summed E-state index contributed by atoms with van der Waals surface area (Å²) < 4.78 is 12.9. The van der Waals surface area contributed by atoms with Crippen LogP contribution >= 0.6 is 0 Å². The Labute approximate surface area is 62.2 Å². The molecule has 60 valence electrons. The van der Waals surface area contributed by atoms with E-state index in [0.29, 0.717) is 12.6 Å². The molecule has 1 heterocycles. The maximum Gasteiger partial charge on any atom is 0.116 e. The largest absolute Gasteiger partial charge is 0.298 e. The van der Waals surface area contributed by atoms with E-state index < -0.39 is 6.17 Å². The van der Waals surface area contributed by atoms with Gasteiger partial charge in [-0.05, 0) is 13.8 Å². The molecule has 1 saturated heterocycles. The molecule has 0 aromatic rings. The van der Waals surface area contributed by atoms with Crippen molar-refractivity contribution >= 4 is 0 Å². The molecule has 1 aliphatic rings. The van der Waals surface area contributed by atoms with Crippen molar-refractivity contribution in [3.8, 4) is 0 Å². The van der Waals surface area contributed by atoms with Crippen LogP contribution in [0.25, 0.3) is 0 Å². The first-order chi connectivity index (χ1) is 4.61. The van der Waals surface area contributed by atoms with E-state index in [1.165, 1.54) is 0 Å². The summed E-state index contributed by atoms with van der Waals surface area (Å²) in [4.78, 5) is 2.19. The van der Waals surface area contributed by atoms with Gasteiger partial charge < -0.3 is 0 Å². The lowest BCUT2D eigenvalue weighted by Crippen LogP contribution is -2.28. The van der Waals surface area contributed by atoms with E-state index in [0.717, 1.165) is 6.54 Å². The topological polar surface area (TPSA) is 3.24 Å². The van der Waals surface area contributed by atoms with Crippen molar-refractivity contribution in [1.29, 1.82) is 0 Å². The minimum Gasteiger partial charge on any atom is -0.298 e. The van der Waals surface area contributed by atoms with E-state index in [2.05, 4.69) is 18.7 Å². The fourth-order valence-electron chi connectivity index (χ4n) is 1.38. The fourth-order valence-corrected chi connectivity index (χ4v) is 1.38. The number of halogens is 1. The number of rotatable bonds is 1. The first kappa shape index (κ1) is 7.99. The van der Waals surface area contributed by atoms with Gasteiger partial charge in [0.2, 0.25) is 0 Å². The number of likely N-dealkylation sites (tertiary alicyclic amines) is 1. The van der Waals surface area contributed by atoms with E-state index in [1.807, 2.05) is 6.92 Å². The molecule has 0 aromatic heterocycles. The lowest BCUT2D eigenvalue weighted by atomic mass is 10.1. The molecule has 2 atom stereocenters. The summed E-state index contributed by atoms with van der Waals surface area (Å²) in [6.45, 7) is 7.78. The van der Waals surface area contributed by atoms with Crippen LogP contribution in [0, 0.1) is 5.92 Å². The van der Waals surface area contributed by atoms with Crippen LogP contribution in [0.1, 0.15) is 20.8 Å². The molecule has 0 aliphatic carbocycles. The summed E-state index contributed by atoms with van der Waals surface area (Å²) in [7, 11) is 0. The van der Waals surface area contributed by atoms with Crippen molar-refractivity contribution in [2.45, 2.75) is 33.0 Å². The molecule has 2 heteroatoms. The van der Waals surface area contributed by atoms with Crippen molar-refractivity contribution < 1.29 is 4.39 Å². The summed E-state index contributed by atoms with van der Waals surface area (Å²) in [5.74, 6) is 0.238. The van der Waals surface area contributed by atoms with Crippen LogP contribution in [0.5, 0.6) is 0 Å². The molecule has 1 fully saturated rings. The van der Waals surface area contributed by atoms with Gasteiger partial charge in [-0.1, -0.05) is 6.92 Å². The highest BCUT2D eigenvalue weighted by Crippen LogP contribution is 2.20. The second-order valence-corrected chi connectivity index (χ2v) is 3.54. The van der Waals surface area contributed by atoms with Crippen molar-refractivity contribution in [2.24, 2.45) is 5.92 Å². The summed E-state index contributed by atoms with van der Waals surface area (Å²) in [6, 6.07) is 0.503. The molecule has 1 aliphatic heterocycles. The molecule has 0 radical (unpaired) electrons. The number of hydrogen-bond donors (Lipinski definition) is 0. The Morgan fingerprint density at radius 3 is 2.20 bits per heavy atom. The van der Waals surface area contributed by atoms with Crippen LogP contribution in [-0.4, -0.2) is 30.2 Å². The van der Waals surface area contributed by atoms with E-state index in [1.54, 1.807) is 0 Å². The molecule has 0 N–H and O–H groups in total. The third kappa shape index (κ3) is 1.48. The molecule has 2 unspecified atom stereocenters. The Balaban J connectivity index is 2.41. The smallest absolute Gasteiger partial charge is 0.116 e. The van der Waals surface area contributed by atoms with Gasteiger partial charge in [0.15, 0.2) is 0 Å². The Kier molecular flexibility index (Phi) is 2.29. The highest BCUT2D eigenvalue weighted by atomic mass is 19.1. The van der Waals surface area contributed by atoms with Crippen LogP contribution in [0.4, 0.5) is 4.39 Å². The van der Waals surface area contributed by atoms with Gasteiger partial charge in [0.05, 0.1) is 0 Å². The van der Waals surface area contributed by atoms with E-state index >= 15 is 0 Å². The first-order valence-corrected chi connectivity index (χ1v) is 3.99. The van der Waals surface area contributed by atoms with Gasteiger partial charge in [-0.2, -0.15) is 0 Å². The third-order valence-electron chi connectivity index (χ3n) is 2.28. The molecule has 0 bridgehead atoms. The highest BCUT2D eigenvalue weighted by Gasteiger charge is 2.30. The predicted octanol–water partition coefficient (Wildman–Crippen LogP) is 1.68. The van der Waals surface area contributed by atoms with Gasteiger partial charge in [-0.3, -0.25) is 4.90 Å². The van der Waals surface area contributed by atoms with E-state index in [-0.39, 0.29) is 5.92 Å². The van der Waals surface area contributed by atoms with Gasteiger partial charge >= 0.3 is 0 Å². The normalized spacial score (nSPS) is 35.7. The fraction of sp³-hybridized carbons (Fsp3) is 1.00. The van der Waals surface area contributed by atoms with Crippen molar-refractivity contribution in [1.82, 2.24) is 4.90 Å². The van der Waals surface area contributed by atoms with Crippen LogP contribution < -0.4 is 0 Å². The summed E-state index contributed by atoms with van der Waals surface area (Å²) in [5, 5.41) is 0. The van der Waals surface area contributed by atoms with E-state index in [9.17, 15) is 4.39 Å². The van der Waals surface area contributed by atoms with Crippen LogP contribution in [0.3, 0.4) is 0 Å². The van der Waals surface area contributed by atoms with Crippen molar-refractivity contribution in [3.63, 3.8) is 0 Å². The summed E-state index contributed by atoms with van der Waals surface area (Å²) >= 11 is 0. The average molecular weight is 145 g/mol. The van der Waals surface area contributed by atoms with Crippen LogP contribution in [-0.2, 0) is 0 Å². The molecule has 0 spiro atoms. The van der Waals surface area contributed by atoms with Gasteiger partial charge in [-0.15, -0.1) is 0 Å². The molecule has 1 nitrogen and oxygen atoms in total. The van der Waals surface area contributed by atoms with Gasteiger partial charge in [0.25, 0.3) is 0 Å². The Hall–Kier alpha value is -0.110. The Morgan fingerprint density at radius 1 is 1.40 bits per heavy atom.